The molecular weight excluding hydrogens is 376 g/mol. The molecule has 0 spiro atoms. The molecule has 2 heterocycles. The van der Waals surface area contributed by atoms with Gasteiger partial charge in [-0.1, -0.05) is 30.3 Å². The molecule has 0 aliphatic carbocycles. The van der Waals surface area contributed by atoms with E-state index in [2.05, 4.69) is 16.5 Å². The standard InChI is InChI=1S/C22H19F2N3S/c1-15-5-2-3-7-19(15)22-16(12-25-13-18-6-4-10-28-18)14-27(26-22)21-9-8-17(23)11-20(21)24/h2-11,14,25H,12-13H2,1H3. The highest BCUT2D eigenvalue weighted by atomic mass is 32.1. The van der Waals surface area contributed by atoms with Gasteiger partial charge in [0, 0.05) is 41.4 Å². The lowest BCUT2D eigenvalue weighted by atomic mass is 10.0. The molecule has 3 nitrogen and oxygen atoms in total. The molecule has 0 unspecified atom stereocenters. The van der Waals surface area contributed by atoms with Gasteiger partial charge in [0.25, 0.3) is 0 Å². The first-order valence-electron chi connectivity index (χ1n) is 8.95. The number of thiophene rings is 1. The summed E-state index contributed by atoms with van der Waals surface area (Å²) in [7, 11) is 0. The van der Waals surface area contributed by atoms with Gasteiger partial charge in [-0.25, -0.2) is 13.5 Å². The van der Waals surface area contributed by atoms with Crippen LogP contribution in [0, 0.1) is 18.6 Å². The van der Waals surface area contributed by atoms with E-state index in [1.54, 1.807) is 17.5 Å². The summed E-state index contributed by atoms with van der Waals surface area (Å²) in [6, 6.07) is 15.6. The Labute approximate surface area is 166 Å². The second-order valence-corrected chi connectivity index (χ2v) is 7.57. The van der Waals surface area contributed by atoms with Crippen LogP contribution in [0.1, 0.15) is 16.0 Å². The van der Waals surface area contributed by atoms with Crippen molar-refractivity contribution in [2.45, 2.75) is 20.0 Å². The molecule has 0 aliphatic rings. The highest BCUT2D eigenvalue weighted by Gasteiger charge is 2.16. The van der Waals surface area contributed by atoms with Crippen LogP contribution in [0.4, 0.5) is 8.78 Å². The first kappa shape index (κ1) is 18.5. The third kappa shape index (κ3) is 3.88. The molecular formula is C22H19F2N3S. The van der Waals surface area contributed by atoms with Gasteiger partial charge >= 0.3 is 0 Å². The molecule has 0 amide bonds. The first-order valence-corrected chi connectivity index (χ1v) is 9.83. The molecule has 4 aromatic rings. The van der Waals surface area contributed by atoms with E-state index < -0.39 is 11.6 Å². The van der Waals surface area contributed by atoms with Crippen LogP contribution >= 0.6 is 11.3 Å². The van der Waals surface area contributed by atoms with Gasteiger partial charge in [-0.3, -0.25) is 0 Å². The molecule has 1 N–H and O–H groups in total. The van der Waals surface area contributed by atoms with E-state index in [1.165, 1.54) is 21.7 Å². The highest BCUT2D eigenvalue weighted by Crippen LogP contribution is 2.27. The average Bonchev–Trinajstić information content (AvgIpc) is 3.32. The topological polar surface area (TPSA) is 29.9 Å². The third-order valence-corrected chi connectivity index (χ3v) is 5.42. The average molecular weight is 395 g/mol. The second kappa shape index (κ2) is 8.04. The van der Waals surface area contributed by atoms with E-state index in [9.17, 15) is 8.78 Å². The van der Waals surface area contributed by atoms with Gasteiger partial charge in [-0.15, -0.1) is 11.3 Å². The molecule has 0 bridgehead atoms. The van der Waals surface area contributed by atoms with E-state index in [0.29, 0.717) is 6.54 Å². The molecule has 0 fully saturated rings. The van der Waals surface area contributed by atoms with Crippen molar-refractivity contribution in [3.05, 3.63) is 93.8 Å². The SMILES string of the molecule is Cc1ccccc1-c1nn(-c2ccc(F)cc2F)cc1CNCc1cccs1. The number of halogens is 2. The number of nitrogens with zero attached hydrogens (tertiary/aromatic N) is 2. The van der Waals surface area contributed by atoms with Gasteiger partial charge in [0.05, 0.1) is 5.69 Å². The van der Waals surface area contributed by atoms with Crippen molar-refractivity contribution in [1.82, 2.24) is 15.1 Å². The minimum absolute atomic E-state index is 0.223. The fourth-order valence-corrected chi connectivity index (χ4v) is 3.80. The normalized spacial score (nSPS) is 11.1. The monoisotopic (exact) mass is 395 g/mol. The predicted octanol–water partition coefficient (Wildman–Crippen LogP) is 5.48. The van der Waals surface area contributed by atoms with Crippen LogP contribution < -0.4 is 5.32 Å². The maximum absolute atomic E-state index is 14.3. The van der Waals surface area contributed by atoms with Gasteiger partial charge in [0.15, 0.2) is 5.82 Å². The molecule has 2 aromatic carbocycles. The lowest BCUT2D eigenvalue weighted by molar-refractivity contribution is 0.574. The van der Waals surface area contributed by atoms with Crippen molar-refractivity contribution in [2.24, 2.45) is 0 Å². The van der Waals surface area contributed by atoms with Gasteiger partial charge in [-0.05, 0) is 36.1 Å². The maximum Gasteiger partial charge on any atom is 0.151 e. The van der Waals surface area contributed by atoms with Crippen molar-refractivity contribution >= 4 is 11.3 Å². The first-order chi connectivity index (χ1) is 13.6. The van der Waals surface area contributed by atoms with Crippen molar-refractivity contribution in [3.8, 4) is 16.9 Å². The summed E-state index contributed by atoms with van der Waals surface area (Å²) >= 11 is 1.70. The number of aryl methyl sites for hydroxylation is 1. The quantitative estimate of drug-likeness (QED) is 0.469. The summed E-state index contributed by atoms with van der Waals surface area (Å²) in [5.74, 6) is -1.25. The Hall–Kier alpha value is -2.83. The highest BCUT2D eigenvalue weighted by molar-refractivity contribution is 7.09. The zero-order valence-electron chi connectivity index (χ0n) is 15.3. The summed E-state index contributed by atoms with van der Waals surface area (Å²) < 4.78 is 29.1. The van der Waals surface area contributed by atoms with Gasteiger partial charge in [0.2, 0.25) is 0 Å². The fraction of sp³-hybridized carbons (Fsp3) is 0.136. The van der Waals surface area contributed by atoms with Crippen LogP contribution in [0.5, 0.6) is 0 Å². The van der Waals surface area contributed by atoms with E-state index in [0.717, 1.165) is 35.0 Å². The number of nitrogens with one attached hydrogen (secondary N) is 1. The summed E-state index contributed by atoms with van der Waals surface area (Å²) in [5.41, 5.74) is 4.05. The molecule has 0 atom stereocenters. The number of hydrogen-bond acceptors (Lipinski definition) is 3. The van der Waals surface area contributed by atoms with Crippen molar-refractivity contribution in [2.75, 3.05) is 0 Å². The lowest BCUT2D eigenvalue weighted by Gasteiger charge is -2.06. The van der Waals surface area contributed by atoms with Crippen molar-refractivity contribution < 1.29 is 8.78 Å². The number of hydrogen-bond donors (Lipinski definition) is 1. The van der Waals surface area contributed by atoms with Gasteiger partial charge in [-0.2, -0.15) is 5.10 Å². The Morgan fingerprint density at radius 1 is 1.04 bits per heavy atom. The van der Waals surface area contributed by atoms with Crippen molar-refractivity contribution in [3.63, 3.8) is 0 Å². The Bertz CT molecular complexity index is 1090. The molecule has 0 radical (unpaired) electrons. The Kier molecular flexibility index (Phi) is 5.32. The van der Waals surface area contributed by atoms with E-state index >= 15 is 0 Å². The number of benzene rings is 2. The Balaban J connectivity index is 1.70. The van der Waals surface area contributed by atoms with E-state index in [4.69, 9.17) is 0 Å². The minimum Gasteiger partial charge on any atom is -0.308 e. The smallest absolute Gasteiger partial charge is 0.151 e. The summed E-state index contributed by atoms with van der Waals surface area (Å²) in [6.45, 7) is 3.36. The number of rotatable bonds is 6. The van der Waals surface area contributed by atoms with E-state index in [-0.39, 0.29) is 5.69 Å². The molecule has 142 valence electrons. The van der Waals surface area contributed by atoms with Crippen LogP contribution in [0.2, 0.25) is 0 Å². The van der Waals surface area contributed by atoms with Gasteiger partial charge < -0.3 is 5.32 Å². The number of aromatic nitrogens is 2. The van der Waals surface area contributed by atoms with Crippen LogP contribution in [-0.2, 0) is 13.1 Å². The Morgan fingerprint density at radius 3 is 2.64 bits per heavy atom. The van der Waals surface area contributed by atoms with Crippen molar-refractivity contribution in [1.29, 1.82) is 0 Å². The molecule has 0 aliphatic heterocycles. The summed E-state index contributed by atoms with van der Waals surface area (Å²) in [4.78, 5) is 1.24. The summed E-state index contributed by atoms with van der Waals surface area (Å²) in [5, 5.41) is 10.1. The zero-order chi connectivity index (χ0) is 19.5. The predicted molar refractivity (Wildman–Crippen MR) is 109 cm³/mol. The third-order valence-electron chi connectivity index (χ3n) is 4.54. The largest absolute Gasteiger partial charge is 0.308 e. The molecule has 0 saturated heterocycles. The van der Waals surface area contributed by atoms with E-state index in [1.807, 2.05) is 42.6 Å². The fourth-order valence-electron chi connectivity index (χ4n) is 3.13. The summed E-state index contributed by atoms with van der Waals surface area (Å²) in [6.07, 6.45) is 1.81. The molecule has 28 heavy (non-hydrogen) atoms. The van der Waals surface area contributed by atoms with Gasteiger partial charge in [0.1, 0.15) is 11.5 Å². The second-order valence-electron chi connectivity index (χ2n) is 6.54. The van der Waals surface area contributed by atoms with Crippen LogP contribution in [0.3, 0.4) is 0 Å². The van der Waals surface area contributed by atoms with Crippen LogP contribution in [0.15, 0.2) is 66.2 Å². The Morgan fingerprint density at radius 2 is 1.89 bits per heavy atom. The van der Waals surface area contributed by atoms with Crippen LogP contribution in [-0.4, -0.2) is 9.78 Å². The zero-order valence-corrected chi connectivity index (χ0v) is 16.1. The molecule has 0 saturated carbocycles. The maximum atomic E-state index is 14.3. The lowest BCUT2D eigenvalue weighted by Crippen LogP contribution is -2.12. The molecule has 2 aromatic heterocycles. The van der Waals surface area contributed by atoms with Crippen LogP contribution in [0.25, 0.3) is 16.9 Å². The minimum atomic E-state index is -0.642. The molecule has 4 rings (SSSR count). The molecule has 6 heteroatoms.